The van der Waals surface area contributed by atoms with Gasteiger partial charge in [0.15, 0.2) is 5.36 Å². The van der Waals surface area contributed by atoms with E-state index in [0.29, 0.717) is 38.3 Å². The van der Waals surface area contributed by atoms with E-state index in [4.69, 9.17) is 21.5 Å². The third-order valence-corrected chi connectivity index (χ3v) is 6.27. The summed E-state index contributed by atoms with van der Waals surface area (Å²) in [4.78, 5) is 22.0. The second kappa shape index (κ2) is 6.61. The minimum Gasteiger partial charge on any atom is -0.245 e. The molecule has 0 fully saturated rings. The van der Waals surface area contributed by atoms with Gasteiger partial charge < -0.3 is 0 Å². The van der Waals surface area contributed by atoms with Gasteiger partial charge >= 0.3 is 0 Å². The summed E-state index contributed by atoms with van der Waals surface area (Å²) in [5.41, 5.74) is 4.18. The maximum atomic E-state index is 9.25. The van der Waals surface area contributed by atoms with E-state index in [2.05, 4.69) is 21.1 Å². The van der Waals surface area contributed by atoms with Crippen molar-refractivity contribution in [2.45, 2.75) is 0 Å². The highest BCUT2D eigenvalue weighted by Crippen LogP contribution is 2.30. The first kappa shape index (κ1) is 18.3. The minimum atomic E-state index is 0.549. The van der Waals surface area contributed by atoms with Crippen LogP contribution >= 0.6 is 0 Å². The van der Waals surface area contributed by atoms with Crippen molar-refractivity contribution in [3.05, 3.63) is 89.0 Å². The Kier molecular flexibility index (Phi) is 3.56. The highest BCUT2D eigenvalue weighted by atomic mass is 15.2. The van der Waals surface area contributed by atoms with Gasteiger partial charge in [-0.25, -0.2) is 15.0 Å². The molecule has 7 heteroatoms. The highest BCUT2D eigenvalue weighted by molar-refractivity contribution is 6.14. The number of nitrogens with zero attached hydrogens (tertiary/aromatic N) is 7. The van der Waals surface area contributed by atoms with Crippen molar-refractivity contribution in [3.63, 3.8) is 0 Å². The Morgan fingerprint density at radius 2 is 1.32 bits per heavy atom. The van der Waals surface area contributed by atoms with Crippen LogP contribution in [0.2, 0.25) is 0 Å². The van der Waals surface area contributed by atoms with E-state index in [1.165, 1.54) is 0 Å². The molecule has 0 aliphatic heterocycles. The summed E-state index contributed by atoms with van der Waals surface area (Å²) < 4.78 is 0. The molecule has 2 aromatic heterocycles. The number of hydrogen-bond donors (Lipinski definition) is 0. The van der Waals surface area contributed by atoms with Crippen LogP contribution in [0.4, 0.5) is 0 Å². The molecule has 0 saturated heterocycles. The monoisotopic (exact) mass is 433 g/mol. The molecule has 0 unspecified atom stereocenters. The first-order chi connectivity index (χ1) is 16.8. The van der Waals surface area contributed by atoms with Gasteiger partial charge in [0.05, 0.1) is 32.7 Å². The number of benzene rings is 3. The van der Waals surface area contributed by atoms with Gasteiger partial charge in [-0.3, -0.25) is 0 Å². The van der Waals surface area contributed by atoms with Gasteiger partial charge in [-0.05, 0) is 23.6 Å². The van der Waals surface area contributed by atoms with Crippen LogP contribution in [0, 0.1) is 18.0 Å². The fourth-order valence-electron chi connectivity index (χ4n) is 4.85. The molecule has 0 amide bonds. The first-order valence-electron chi connectivity index (χ1n) is 10.5. The summed E-state index contributed by atoms with van der Waals surface area (Å²) in [5.74, 6) is 0. The second-order valence-corrected chi connectivity index (χ2v) is 8.04. The molecule has 7 rings (SSSR count). The summed E-state index contributed by atoms with van der Waals surface area (Å²) >= 11 is 0. The number of rotatable bonds is 0. The molecule has 0 spiro atoms. The first-order valence-corrected chi connectivity index (χ1v) is 10.5. The third-order valence-electron chi connectivity index (χ3n) is 6.27. The van der Waals surface area contributed by atoms with E-state index in [1.54, 1.807) is 0 Å². The predicted octanol–water partition coefficient (Wildman–Crippen LogP) is 4.78. The smallest absolute Gasteiger partial charge is 0.206 e. The van der Waals surface area contributed by atoms with Crippen molar-refractivity contribution in [3.8, 4) is 6.19 Å². The van der Waals surface area contributed by atoms with Gasteiger partial charge in [-0.1, -0.05) is 48.5 Å². The fourth-order valence-corrected chi connectivity index (χ4v) is 4.85. The van der Waals surface area contributed by atoms with Crippen molar-refractivity contribution in [1.82, 2.24) is 15.0 Å². The molecule has 0 aliphatic carbocycles. The van der Waals surface area contributed by atoms with Crippen LogP contribution in [0.5, 0.6) is 0 Å². The van der Waals surface area contributed by atoms with Crippen LogP contribution in [-0.4, -0.2) is 15.0 Å². The Hall–Kier alpha value is -5.27. The van der Waals surface area contributed by atoms with Gasteiger partial charge in [0.1, 0.15) is 10.9 Å². The molecule has 0 aliphatic rings. The second-order valence-electron chi connectivity index (χ2n) is 8.04. The van der Waals surface area contributed by atoms with Gasteiger partial charge in [0.2, 0.25) is 6.19 Å². The summed E-state index contributed by atoms with van der Waals surface area (Å²) in [6.07, 6.45) is 1.91. The zero-order chi connectivity index (χ0) is 22.8. The van der Waals surface area contributed by atoms with E-state index in [9.17, 15) is 5.26 Å². The van der Waals surface area contributed by atoms with Gasteiger partial charge in [0, 0.05) is 26.9 Å². The summed E-state index contributed by atoms with van der Waals surface area (Å²) in [6.45, 7) is 7.25. The Balaban J connectivity index is 1.65. The lowest BCUT2D eigenvalue weighted by Crippen LogP contribution is -2.01. The van der Waals surface area contributed by atoms with E-state index in [0.717, 1.165) is 37.8 Å². The quantitative estimate of drug-likeness (QED) is 0.149. The minimum absolute atomic E-state index is 0.549. The fraction of sp³-hybridized carbons (Fsp3) is 0. The Bertz CT molecular complexity index is 2040. The molecule has 0 saturated carbocycles. The summed E-state index contributed by atoms with van der Waals surface area (Å²) in [7, 11) is 0. The van der Waals surface area contributed by atoms with Crippen molar-refractivity contribution >= 4 is 65.4 Å². The molecule has 0 atom stereocenters. The molecule has 34 heavy (non-hydrogen) atoms. The third kappa shape index (κ3) is 2.35. The van der Waals surface area contributed by atoms with E-state index in [-0.39, 0.29) is 0 Å². The average molecular weight is 433 g/mol. The molecule has 154 valence electrons. The van der Waals surface area contributed by atoms with Crippen LogP contribution in [0.15, 0.2) is 76.8 Å². The largest absolute Gasteiger partial charge is 0.245 e. The van der Waals surface area contributed by atoms with E-state index < -0.39 is 0 Å². The van der Waals surface area contributed by atoms with Crippen molar-refractivity contribution in [1.29, 1.82) is 5.26 Å². The summed E-state index contributed by atoms with van der Waals surface area (Å²) in [6, 6.07) is 21.6. The van der Waals surface area contributed by atoms with Gasteiger partial charge in [-0.2, -0.15) is 16.8 Å². The number of pyridine rings is 1. The zero-order valence-corrected chi connectivity index (χ0v) is 17.5. The normalized spacial score (nSPS) is 13.0. The molecule has 0 bridgehead atoms. The van der Waals surface area contributed by atoms with Crippen molar-refractivity contribution in [2.24, 2.45) is 10.1 Å². The van der Waals surface area contributed by atoms with Crippen LogP contribution in [-0.2, 0) is 0 Å². The Labute approximate surface area is 191 Å². The zero-order valence-electron chi connectivity index (χ0n) is 17.5. The summed E-state index contributed by atoms with van der Waals surface area (Å²) in [5, 5.41) is 19.9. The van der Waals surface area contributed by atoms with Crippen molar-refractivity contribution in [2.75, 3.05) is 0 Å². The number of fused-ring (bicyclic) bond motifs is 8. The lowest BCUT2D eigenvalue weighted by Gasteiger charge is -2.03. The molecular weight excluding hydrogens is 422 g/mol. The number of aromatic nitrogens is 3. The van der Waals surface area contributed by atoms with E-state index >= 15 is 0 Å². The van der Waals surface area contributed by atoms with E-state index in [1.807, 2.05) is 66.9 Å². The molecular formula is C27H11N7. The van der Waals surface area contributed by atoms with Gasteiger partial charge in [0.25, 0.3) is 0 Å². The highest BCUT2D eigenvalue weighted by Gasteiger charge is 2.16. The maximum absolute atomic E-state index is 9.25. The van der Waals surface area contributed by atoms with Gasteiger partial charge in [-0.15, -0.1) is 4.95 Å². The molecule has 0 N–H and O–H groups in total. The predicted molar refractivity (Wildman–Crippen MR) is 131 cm³/mol. The topological polar surface area (TPSA) is 91.5 Å². The lowest BCUT2D eigenvalue weighted by atomic mass is 10.1. The molecule has 2 heterocycles. The molecule has 7 nitrogen and oxygen atoms in total. The van der Waals surface area contributed by atoms with Crippen LogP contribution in [0.3, 0.4) is 0 Å². The van der Waals surface area contributed by atoms with Crippen LogP contribution < -0.4 is 10.7 Å². The Morgan fingerprint density at radius 1 is 0.676 bits per heavy atom. The molecule has 5 aromatic carbocycles. The average Bonchev–Trinajstić information content (AvgIpc) is 3.33. The van der Waals surface area contributed by atoms with Crippen molar-refractivity contribution < 1.29 is 0 Å². The standard InChI is InChI=1S/C27H11N7/c1-29-34-26-18-9-5-4-8-17(18)24-27(26)33-21-11-14-10-19-15-6-2-3-7-16(15)23(30-13-28)25(19)31-20(14)12-22(21)32-24/h2-12H/b30-23?,34-26+. The van der Waals surface area contributed by atoms with Crippen LogP contribution in [0.1, 0.15) is 0 Å². The molecule has 7 aromatic rings. The number of nitriles is 1. The Morgan fingerprint density at radius 3 is 2.09 bits per heavy atom. The molecule has 0 radical (unpaired) electrons. The van der Waals surface area contributed by atoms with Crippen LogP contribution in [0.25, 0.3) is 70.4 Å². The number of hydrogen-bond acceptors (Lipinski definition) is 6. The lowest BCUT2D eigenvalue weighted by molar-refractivity contribution is 1.35. The SMILES string of the molecule is [C-]#[N+]/N=c1\c2ccccc2c2nc3cc4nc5c(=NC#N)c6ccccc6c5cc4cc3nc12. The maximum Gasteiger partial charge on any atom is 0.206 e.